The number of fused-ring (bicyclic) bond motifs is 1. The second-order valence-electron chi connectivity index (χ2n) is 3.41. The maximum absolute atomic E-state index is 10.9. The van der Waals surface area contributed by atoms with Gasteiger partial charge < -0.3 is 19.7 Å². The molecule has 16 heavy (non-hydrogen) atoms. The number of carboxylic acid groups (broad SMARTS) is 1. The topological polar surface area (TPSA) is 76.0 Å². The molecule has 2 rings (SSSR count). The lowest BCUT2D eigenvalue weighted by Gasteiger charge is -2.13. The van der Waals surface area contributed by atoms with Crippen molar-refractivity contribution in [2.24, 2.45) is 0 Å². The van der Waals surface area contributed by atoms with E-state index < -0.39 is 11.9 Å². The normalized spacial score (nSPS) is 14.9. The second kappa shape index (κ2) is 3.75. The summed E-state index contributed by atoms with van der Waals surface area (Å²) in [6.07, 6.45) is 0. The number of phenols is 1. The molecule has 0 fully saturated rings. The number of aromatic hydroxyl groups is 1. The van der Waals surface area contributed by atoms with E-state index in [1.54, 1.807) is 0 Å². The summed E-state index contributed by atoms with van der Waals surface area (Å²) in [4.78, 5) is 10.9. The lowest BCUT2D eigenvalue weighted by atomic mass is 9.98. The Balaban J connectivity index is 2.63. The van der Waals surface area contributed by atoms with Crippen LogP contribution in [-0.2, 0) is 4.79 Å². The van der Waals surface area contributed by atoms with Crippen molar-refractivity contribution < 1.29 is 24.5 Å². The van der Waals surface area contributed by atoms with Crippen molar-refractivity contribution in [1.29, 1.82) is 0 Å². The van der Waals surface area contributed by atoms with Gasteiger partial charge in [0.1, 0.15) is 5.75 Å². The number of hydrogen-bond donors (Lipinski definition) is 2. The zero-order chi connectivity index (χ0) is 11.9. The first-order chi connectivity index (χ1) is 7.52. The molecular formula is C10H9ClO5. The van der Waals surface area contributed by atoms with Crippen molar-refractivity contribution in [1.82, 2.24) is 0 Å². The molecule has 5 nitrogen and oxygen atoms in total. The quantitative estimate of drug-likeness (QED) is 0.832. The first-order valence-corrected chi connectivity index (χ1v) is 4.94. The predicted octanol–water partition coefficient (Wildman–Crippen LogP) is 1.96. The van der Waals surface area contributed by atoms with Gasteiger partial charge in [0.05, 0.1) is 16.5 Å². The number of aliphatic carboxylic acids is 1. The summed E-state index contributed by atoms with van der Waals surface area (Å²) in [5.74, 6) is -1.67. The van der Waals surface area contributed by atoms with E-state index in [-0.39, 0.29) is 28.9 Å². The van der Waals surface area contributed by atoms with Crippen LogP contribution >= 0.6 is 11.6 Å². The molecule has 6 heteroatoms. The first-order valence-electron chi connectivity index (χ1n) is 4.56. The van der Waals surface area contributed by atoms with Crippen molar-refractivity contribution in [2.75, 3.05) is 6.79 Å². The molecule has 0 spiro atoms. The van der Waals surface area contributed by atoms with Crippen LogP contribution in [-0.4, -0.2) is 23.0 Å². The zero-order valence-electron chi connectivity index (χ0n) is 8.36. The lowest BCUT2D eigenvalue weighted by Crippen LogP contribution is -2.09. The fourth-order valence-electron chi connectivity index (χ4n) is 1.55. The predicted molar refractivity (Wildman–Crippen MR) is 55.3 cm³/mol. The van der Waals surface area contributed by atoms with Gasteiger partial charge in [-0.1, -0.05) is 11.6 Å². The number of carboxylic acids is 1. The summed E-state index contributed by atoms with van der Waals surface area (Å²) in [5.41, 5.74) is 0.146. The summed E-state index contributed by atoms with van der Waals surface area (Å²) < 4.78 is 10.2. The van der Waals surface area contributed by atoms with Gasteiger partial charge in [0.15, 0.2) is 11.5 Å². The molecule has 0 aromatic heterocycles. The van der Waals surface area contributed by atoms with Crippen LogP contribution in [0.5, 0.6) is 17.2 Å². The molecule has 0 saturated carbocycles. The van der Waals surface area contributed by atoms with E-state index in [0.717, 1.165) is 0 Å². The van der Waals surface area contributed by atoms with Crippen LogP contribution in [0.1, 0.15) is 18.4 Å². The lowest BCUT2D eigenvalue weighted by molar-refractivity contribution is -0.138. The molecule has 1 aromatic carbocycles. The van der Waals surface area contributed by atoms with Crippen molar-refractivity contribution in [2.45, 2.75) is 12.8 Å². The van der Waals surface area contributed by atoms with Crippen LogP contribution in [0.25, 0.3) is 0 Å². The molecule has 2 N–H and O–H groups in total. The average molecular weight is 245 g/mol. The number of ether oxygens (including phenoxy) is 2. The summed E-state index contributed by atoms with van der Waals surface area (Å²) in [5, 5.41) is 18.7. The van der Waals surface area contributed by atoms with Gasteiger partial charge in [0, 0.05) is 6.07 Å². The minimum absolute atomic E-state index is 0.00550. The van der Waals surface area contributed by atoms with Gasteiger partial charge in [-0.2, -0.15) is 0 Å². The monoisotopic (exact) mass is 244 g/mol. The molecular weight excluding hydrogens is 236 g/mol. The summed E-state index contributed by atoms with van der Waals surface area (Å²) >= 11 is 5.77. The maximum Gasteiger partial charge on any atom is 0.310 e. The fourth-order valence-corrected chi connectivity index (χ4v) is 1.75. The fraction of sp³-hybridized carbons (Fsp3) is 0.300. The molecule has 0 bridgehead atoms. The van der Waals surface area contributed by atoms with Gasteiger partial charge in [-0.3, -0.25) is 4.79 Å². The first kappa shape index (κ1) is 10.9. The average Bonchev–Trinajstić information content (AvgIpc) is 2.66. The number of rotatable bonds is 2. The summed E-state index contributed by atoms with van der Waals surface area (Å²) in [6, 6.07) is 1.40. The van der Waals surface area contributed by atoms with E-state index in [1.807, 2.05) is 0 Å². The molecule has 86 valence electrons. The van der Waals surface area contributed by atoms with Gasteiger partial charge in [-0.05, 0) is 6.92 Å². The van der Waals surface area contributed by atoms with E-state index in [1.165, 1.54) is 13.0 Å². The number of phenolic OH excluding ortho intramolecular Hbond substituents is 1. The highest BCUT2D eigenvalue weighted by Crippen LogP contribution is 2.47. The van der Waals surface area contributed by atoms with Crippen LogP contribution in [0.4, 0.5) is 0 Å². The Morgan fingerprint density at radius 2 is 2.25 bits per heavy atom. The van der Waals surface area contributed by atoms with E-state index in [0.29, 0.717) is 5.75 Å². The molecule has 0 saturated heterocycles. The van der Waals surface area contributed by atoms with Crippen molar-refractivity contribution in [3.8, 4) is 17.2 Å². The third-order valence-corrected chi connectivity index (χ3v) is 2.72. The number of carbonyl (C=O) groups is 1. The highest BCUT2D eigenvalue weighted by molar-refractivity contribution is 6.32. The Morgan fingerprint density at radius 1 is 1.56 bits per heavy atom. The van der Waals surface area contributed by atoms with E-state index in [2.05, 4.69) is 0 Å². The molecule has 1 heterocycles. The molecule has 1 unspecified atom stereocenters. The zero-order valence-corrected chi connectivity index (χ0v) is 9.11. The minimum Gasteiger partial charge on any atom is -0.506 e. The minimum atomic E-state index is -1.07. The van der Waals surface area contributed by atoms with E-state index in [4.69, 9.17) is 26.2 Å². The Bertz CT molecular complexity index is 457. The molecule has 0 aliphatic carbocycles. The second-order valence-corrected chi connectivity index (χ2v) is 3.82. The highest BCUT2D eigenvalue weighted by Gasteiger charge is 2.30. The third kappa shape index (κ3) is 1.53. The van der Waals surface area contributed by atoms with Crippen LogP contribution in [0, 0.1) is 0 Å². The maximum atomic E-state index is 10.9. The SMILES string of the molecule is CC(C(=O)O)c1c(O)c(Cl)cc2c1OCO2. The Morgan fingerprint density at radius 3 is 2.88 bits per heavy atom. The van der Waals surface area contributed by atoms with Crippen LogP contribution in [0.3, 0.4) is 0 Å². The van der Waals surface area contributed by atoms with E-state index >= 15 is 0 Å². The van der Waals surface area contributed by atoms with Gasteiger partial charge in [-0.25, -0.2) is 0 Å². The molecule has 1 aliphatic heterocycles. The van der Waals surface area contributed by atoms with Crippen molar-refractivity contribution in [3.05, 3.63) is 16.7 Å². The van der Waals surface area contributed by atoms with Crippen molar-refractivity contribution >= 4 is 17.6 Å². The molecule has 0 radical (unpaired) electrons. The van der Waals surface area contributed by atoms with Crippen LogP contribution < -0.4 is 9.47 Å². The molecule has 0 amide bonds. The largest absolute Gasteiger partial charge is 0.506 e. The van der Waals surface area contributed by atoms with Crippen molar-refractivity contribution in [3.63, 3.8) is 0 Å². The van der Waals surface area contributed by atoms with Crippen LogP contribution in [0.15, 0.2) is 6.07 Å². The Kier molecular flexibility index (Phi) is 2.55. The van der Waals surface area contributed by atoms with Gasteiger partial charge >= 0.3 is 5.97 Å². The molecule has 1 atom stereocenters. The third-order valence-electron chi connectivity index (χ3n) is 2.43. The number of benzene rings is 1. The highest BCUT2D eigenvalue weighted by atomic mass is 35.5. The van der Waals surface area contributed by atoms with Gasteiger partial charge in [-0.15, -0.1) is 0 Å². The van der Waals surface area contributed by atoms with E-state index in [9.17, 15) is 9.90 Å². The summed E-state index contributed by atoms with van der Waals surface area (Å²) in [6.45, 7) is 1.43. The number of halogens is 1. The molecule has 1 aromatic rings. The Labute approximate surface area is 96.2 Å². The van der Waals surface area contributed by atoms with Gasteiger partial charge in [0.25, 0.3) is 0 Å². The molecule has 1 aliphatic rings. The standard InChI is InChI=1S/C10H9ClO5/c1-4(10(13)14)7-8(12)5(11)2-6-9(7)16-3-15-6/h2,4,12H,3H2,1H3,(H,13,14). The van der Waals surface area contributed by atoms with Crippen LogP contribution in [0.2, 0.25) is 5.02 Å². The van der Waals surface area contributed by atoms with Gasteiger partial charge in [0.2, 0.25) is 6.79 Å². The summed E-state index contributed by atoms with van der Waals surface area (Å²) in [7, 11) is 0. The Hall–Kier alpha value is -1.62. The number of hydrogen-bond acceptors (Lipinski definition) is 4. The smallest absolute Gasteiger partial charge is 0.310 e.